The Morgan fingerprint density at radius 3 is 1.56 bits per heavy atom. The number of aromatic nitrogens is 21. The van der Waals surface area contributed by atoms with Gasteiger partial charge in [0.05, 0.1) is 66.4 Å². The monoisotopic (exact) mass is 1880 g/mol. The van der Waals surface area contributed by atoms with Crippen molar-refractivity contribution in [2.24, 2.45) is 0 Å². The molecular weight excluding hydrogens is 1770 g/mol. The van der Waals surface area contributed by atoms with Gasteiger partial charge in [0.15, 0.2) is 17.4 Å². The molecule has 17 heterocycles. The van der Waals surface area contributed by atoms with Crippen LogP contribution >= 0.6 is 79.9 Å². The molecule has 23 rings (SSSR count). The molecule has 0 aliphatic rings. The van der Waals surface area contributed by atoms with Gasteiger partial charge in [-0.15, -0.1) is 55.5 Å². The number of rotatable bonds is 0. The molecule has 17 aromatic heterocycles. The lowest BCUT2D eigenvalue weighted by atomic mass is 10.1. The molecule has 0 aliphatic heterocycles. The number of para-hydroxylation sites is 7. The van der Waals surface area contributed by atoms with E-state index in [2.05, 4.69) is 177 Å². The van der Waals surface area contributed by atoms with E-state index in [1.165, 1.54) is 69.7 Å². The van der Waals surface area contributed by atoms with Crippen LogP contribution in [0.1, 0.15) is 91.9 Å². The highest BCUT2D eigenvalue weighted by atomic mass is 32.1. The molecule has 0 spiro atoms. The molecule has 0 aliphatic carbocycles. The number of fused-ring (bicyclic) bond motifs is 6. The highest BCUT2D eigenvalue weighted by molar-refractivity contribution is 7.18. The van der Waals surface area contributed by atoms with Crippen molar-refractivity contribution in [2.45, 2.75) is 118 Å². The third-order valence-corrected chi connectivity index (χ3v) is 21.6. The molecule has 0 radical (unpaired) electrons. The molecule has 32 heteroatoms. The summed E-state index contributed by atoms with van der Waals surface area (Å²) in [6.07, 6.45) is 22.4. The van der Waals surface area contributed by atoms with Crippen molar-refractivity contribution in [3.05, 3.63) is 407 Å². The Kier molecular flexibility index (Phi) is 48.1. The molecule has 0 bridgehead atoms. The SMILES string of the molecule is Cc1ccc2ccccc2n1.Cc1ccccn1.Cc1cccs1.Cc1ccnc2ccccc12.Cc1ccncc1.Cc1ccno1.Cc1ccns1.Cc1cn[nH]c1N.Cc1nc2ccccc2[nH]1.Cc1nc2ccccc2o1.Cc1nc2ccccc2s1.Cc1ncc[nH]1.Cc1ncco1.Cc1nccs1.Cc1ncns1.Cc1nncs1.Cc1snc2ccccc12. The van der Waals surface area contributed by atoms with E-state index >= 15 is 0 Å². The van der Waals surface area contributed by atoms with Gasteiger partial charge in [0.1, 0.15) is 56.9 Å². The van der Waals surface area contributed by atoms with Gasteiger partial charge in [0.2, 0.25) is 0 Å². The number of hydrogen-bond acceptors (Lipinski definition) is 29. The Morgan fingerprint density at radius 1 is 0.405 bits per heavy atom. The van der Waals surface area contributed by atoms with Crippen LogP contribution in [0.5, 0.6) is 0 Å². The van der Waals surface area contributed by atoms with Crippen LogP contribution in [0.25, 0.3) is 65.1 Å². The number of pyridine rings is 4. The highest BCUT2D eigenvalue weighted by Crippen LogP contribution is 2.22. The largest absolute Gasteiger partial charge is 0.449 e. The molecule has 131 heavy (non-hydrogen) atoms. The van der Waals surface area contributed by atoms with Crippen LogP contribution < -0.4 is 5.73 Å². The van der Waals surface area contributed by atoms with E-state index in [9.17, 15) is 0 Å². The van der Waals surface area contributed by atoms with Crippen LogP contribution in [0.4, 0.5) is 5.82 Å². The Bertz CT molecular complexity index is 6000. The van der Waals surface area contributed by atoms with E-state index in [1.807, 2.05) is 271 Å². The van der Waals surface area contributed by atoms with E-state index in [0.29, 0.717) is 5.82 Å². The smallest absolute Gasteiger partial charge is 0.192 e. The number of H-pyrrole nitrogens is 3. The topological polar surface area (TPSA) is 345 Å². The number of nitrogens with zero attached hydrogens (tertiary/aromatic N) is 18. The second-order valence-electron chi connectivity index (χ2n) is 27.4. The van der Waals surface area contributed by atoms with Crippen molar-refractivity contribution in [1.82, 2.24) is 103 Å². The van der Waals surface area contributed by atoms with Crippen molar-refractivity contribution < 1.29 is 13.4 Å². The Hall–Kier alpha value is -14.1. The summed E-state index contributed by atoms with van der Waals surface area (Å²) < 4.78 is 27.7. The zero-order valence-corrected chi connectivity index (χ0v) is 81.9. The van der Waals surface area contributed by atoms with Gasteiger partial charge in [-0.25, -0.2) is 34.3 Å². The molecule has 0 fully saturated rings. The summed E-state index contributed by atoms with van der Waals surface area (Å²) in [5.41, 5.74) is 21.1. The van der Waals surface area contributed by atoms with Crippen LogP contribution in [0.2, 0.25) is 0 Å². The van der Waals surface area contributed by atoms with Gasteiger partial charge in [-0.05, 0) is 258 Å². The predicted molar refractivity (Wildman–Crippen MR) is 545 cm³/mol. The number of imidazole rings is 2. The number of benzene rings is 6. The van der Waals surface area contributed by atoms with Crippen molar-refractivity contribution in [3.63, 3.8) is 0 Å². The summed E-state index contributed by atoms with van der Waals surface area (Å²) in [5.74, 6) is 4.89. The molecule has 0 atom stereocenters. The summed E-state index contributed by atoms with van der Waals surface area (Å²) in [6.45, 7) is 33.5. The number of nitrogen functional groups attached to an aromatic ring is 1. The second kappa shape index (κ2) is 60.6. The number of oxazole rings is 2. The molecule has 0 saturated carbocycles. The van der Waals surface area contributed by atoms with Gasteiger partial charge in [-0.3, -0.25) is 30.0 Å². The number of anilines is 1. The fourth-order valence-electron chi connectivity index (χ4n) is 10.0. The van der Waals surface area contributed by atoms with E-state index in [0.717, 1.165) is 110 Å². The van der Waals surface area contributed by atoms with Crippen molar-refractivity contribution >= 4 is 151 Å². The van der Waals surface area contributed by atoms with Crippen LogP contribution in [0.3, 0.4) is 0 Å². The molecule has 5 N–H and O–H groups in total. The normalized spacial score (nSPS) is 9.60. The summed E-state index contributed by atoms with van der Waals surface area (Å²) in [7, 11) is 0. The van der Waals surface area contributed by atoms with Gasteiger partial charge in [0, 0.05) is 123 Å². The molecule has 23 aromatic rings. The minimum atomic E-state index is 0.653. The van der Waals surface area contributed by atoms with E-state index in [4.69, 9.17) is 14.6 Å². The summed E-state index contributed by atoms with van der Waals surface area (Å²) in [6, 6.07) is 72.4. The summed E-state index contributed by atoms with van der Waals surface area (Å²) >= 11 is 11.3. The number of nitrogens with one attached hydrogen (secondary N) is 3. The lowest BCUT2D eigenvalue weighted by Gasteiger charge is -1.97. The maximum Gasteiger partial charge on any atom is 0.192 e. The molecule has 6 aromatic carbocycles. The van der Waals surface area contributed by atoms with Crippen LogP contribution in [-0.2, 0) is 0 Å². The fraction of sp³-hybridized carbons (Fsp3) is 0.172. The minimum Gasteiger partial charge on any atom is -0.449 e. The first-order chi connectivity index (χ1) is 63.4. The number of aryl methyl sites for hydroxylation is 17. The lowest BCUT2D eigenvalue weighted by molar-refractivity contribution is 0.397. The number of thiazole rings is 2. The zero-order valence-electron chi connectivity index (χ0n) is 76.2. The molecular formula is C99H108N22O3S7. The van der Waals surface area contributed by atoms with Gasteiger partial charge in [-0.2, -0.15) is 13.8 Å². The van der Waals surface area contributed by atoms with Crippen LogP contribution in [0.15, 0.2) is 329 Å². The van der Waals surface area contributed by atoms with Gasteiger partial charge < -0.3 is 29.1 Å². The van der Waals surface area contributed by atoms with Crippen LogP contribution in [-0.4, -0.2) is 103 Å². The van der Waals surface area contributed by atoms with Crippen LogP contribution in [0, 0.1) is 118 Å². The first-order valence-corrected chi connectivity index (χ1v) is 46.6. The van der Waals surface area contributed by atoms with Gasteiger partial charge in [0.25, 0.3) is 0 Å². The van der Waals surface area contributed by atoms with Crippen molar-refractivity contribution in [1.29, 1.82) is 0 Å². The highest BCUT2D eigenvalue weighted by Gasteiger charge is 2.01. The maximum atomic E-state index is 5.32. The molecule has 0 amide bonds. The Balaban J connectivity index is 0.000000191. The average molecular weight is 1880 g/mol. The Labute approximate surface area is 792 Å². The minimum absolute atomic E-state index is 0.653. The first kappa shape index (κ1) is 104. The first-order valence-electron chi connectivity index (χ1n) is 40.8. The maximum absolute atomic E-state index is 5.32. The number of hydrogen-bond donors (Lipinski definition) is 4. The number of nitrogens with two attached hydrogens (primary N) is 1. The van der Waals surface area contributed by atoms with Crippen molar-refractivity contribution in [2.75, 3.05) is 5.73 Å². The van der Waals surface area contributed by atoms with E-state index in [-0.39, 0.29) is 0 Å². The summed E-state index contributed by atoms with van der Waals surface area (Å²) in [5, 5.41) is 29.1. The van der Waals surface area contributed by atoms with E-state index < -0.39 is 0 Å². The second-order valence-corrected chi connectivity index (χ2v) is 34.9. The fourth-order valence-corrected chi connectivity index (χ4v) is 13.6. The number of aromatic amines is 3. The summed E-state index contributed by atoms with van der Waals surface area (Å²) in [4.78, 5) is 54.5. The molecule has 0 saturated heterocycles. The van der Waals surface area contributed by atoms with E-state index in [1.54, 1.807) is 150 Å². The molecule has 674 valence electrons. The molecule has 25 nitrogen and oxygen atoms in total. The quantitative estimate of drug-likeness (QED) is 0.110. The van der Waals surface area contributed by atoms with Gasteiger partial charge in [-0.1, -0.05) is 114 Å². The average Bonchev–Trinajstić information content (AvgIpc) is 1.52. The predicted octanol–water partition coefficient (Wildman–Crippen LogP) is 26.7. The third kappa shape index (κ3) is 43.5. The standard InChI is InChI=1S/2C10H9N.C8H8N2.C8H7NO.2C8H7NS.2C6H7N.C5H6S.C4H7N3.C4H6N2.2C4H5NO.2C4H5NS.2C3H4N2S/c1-8-6-7-11-10-5-3-2-4-9(8)10;1-8-6-7-9-4-2-3-5-10(9)11-8;3*1-6-9-7-4-2-3-5-8(7)10-6;1-6-7-4-2-3-5-8(7)9-10-6;1-6-2-4-7-5-3-6;1-6-4-2-3-5-7-6;1-5-3-2-4-6-5;1-3-2-6-7-4(3)5;2*1-4-5-2-3-6-4;1-4-2-3-5-6-4;1-4-5-2-3-6-4;1-4-2-3-5-6-4;1-3-5-4-2-6-3;1-3-4-2-5-6-3/h2*2-7H,1H3;2-5H,1H3,(H,9,10);3*2-5H,1H3;2*2-5H,1H3;2-4H,1H3;2H,1H3,(H3,5,6,7);2-3H,1H3,(H,5,6);4*2-3H,1H3;2*2H,1H3. The molecule has 0 unspecified atom stereocenters. The third-order valence-electron chi connectivity index (χ3n) is 16.5. The number of thiophene rings is 1. The zero-order chi connectivity index (χ0) is 94.0. The Morgan fingerprint density at radius 2 is 1.11 bits per heavy atom. The van der Waals surface area contributed by atoms with Gasteiger partial charge >= 0.3 is 0 Å². The lowest BCUT2D eigenvalue weighted by Crippen LogP contribution is -1.85. The van der Waals surface area contributed by atoms with Crippen molar-refractivity contribution in [3.8, 4) is 0 Å².